The Morgan fingerprint density at radius 2 is 1.89 bits per heavy atom. The fourth-order valence-corrected chi connectivity index (χ4v) is 1.61. The third kappa shape index (κ3) is 2.54. The van der Waals surface area contributed by atoms with Crippen molar-refractivity contribution in [3.8, 4) is 0 Å². The molecule has 2 aromatic rings. The van der Waals surface area contributed by atoms with Crippen molar-refractivity contribution in [3.05, 3.63) is 68.6 Å². The van der Waals surface area contributed by atoms with Crippen LogP contribution < -0.4 is 11.2 Å². The summed E-state index contributed by atoms with van der Waals surface area (Å²) in [5.41, 5.74) is 6.23. The number of pyridine rings is 1. The summed E-state index contributed by atoms with van der Waals surface area (Å²) >= 11 is 0. The Balaban J connectivity index is 2.29. The monoisotopic (exact) mass is 245 g/mol. The van der Waals surface area contributed by atoms with Crippen LogP contribution in [0.1, 0.15) is 5.56 Å². The fraction of sp³-hybridized carbons (Fsp3) is 0.0833. The molecule has 6 nitrogen and oxygen atoms in total. The van der Waals surface area contributed by atoms with Crippen LogP contribution in [-0.4, -0.2) is 9.49 Å². The third-order valence-electron chi connectivity index (χ3n) is 2.52. The summed E-state index contributed by atoms with van der Waals surface area (Å²) in [6.45, 7) is 0.446. The van der Waals surface area contributed by atoms with E-state index in [4.69, 9.17) is 5.73 Å². The van der Waals surface area contributed by atoms with Crippen molar-refractivity contribution in [2.24, 2.45) is 0 Å². The number of aromatic nitrogens is 1. The molecule has 0 aliphatic rings. The maximum atomic E-state index is 10.9. The number of anilines is 1. The van der Waals surface area contributed by atoms with Gasteiger partial charge in [-0.15, -0.1) is 0 Å². The Morgan fingerprint density at radius 3 is 2.50 bits per heavy atom. The average molecular weight is 245 g/mol. The molecule has 0 bridgehead atoms. The smallest absolute Gasteiger partial charge is 0.292 e. The van der Waals surface area contributed by atoms with Gasteiger partial charge in [-0.25, -0.2) is 0 Å². The summed E-state index contributed by atoms with van der Waals surface area (Å²) in [6.07, 6.45) is 3.26. The normalized spacial score (nSPS) is 10.2. The molecule has 1 aromatic carbocycles. The summed E-state index contributed by atoms with van der Waals surface area (Å²) in [7, 11) is 0. The highest BCUT2D eigenvalue weighted by atomic mass is 16.6. The van der Waals surface area contributed by atoms with Crippen LogP contribution in [-0.2, 0) is 6.54 Å². The predicted molar refractivity (Wildman–Crippen MR) is 67.3 cm³/mol. The Hall–Kier alpha value is -2.63. The van der Waals surface area contributed by atoms with E-state index < -0.39 is 4.92 Å². The number of hydrogen-bond acceptors (Lipinski definition) is 4. The van der Waals surface area contributed by atoms with Crippen molar-refractivity contribution in [1.29, 1.82) is 0 Å². The van der Waals surface area contributed by atoms with Gasteiger partial charge in [0.05, 0.1) is 4.92 Å². The Kier molecular flexibility index (Phi) is 3.09. The van der Waals surface area contributed by atoms with E-state index in [9.17, 15) is 14.9 Å². The van der Waals surface area contributed by atoms with Crippen molar-refractivity contribution in [3.63, 3.8) is 0 Å². The molecule has 0 saturated carbocycles. The van der Waals surface area contributed by atoms with Crippen LogP contribution in [0.3, 0.4) is 0 Å². The van der Waals surface area contributed by atoms with E-state index in [2.05, 4.69) is 0 Å². The highest BCUT2D eigenvalue weighted by Gasteiger charge is 2.11. The van der Waals surface area contributed by atoms with Crippen LogP contribution in [0.15, 0.2) is 47.5 Å². The van der Waals surface area contributed by atoms with Crippen LogP contribution in [0.25, 0.3) is 0 Å². The quantitative estimate of drug-likeness (QED) is 0.502. The lowest BCUT2D eigenvalue weighted by Crippen LogP contribution is -2.05. The summed E-state index contributed by atoms with van der Waals surface area (Å²) in [4.78, 5) is 21.2. The molecule has 18 heavy (non-hydrogen) atoms. The van der Waals surface area contributed by atoms with Gasteiger partial charge in [0, 0.05) is 37.1 Å². The largest absolute Gasteiger partial charge is 0.393 e. The van der Waals surface area contributed by atoms with Crippen LogP contribution in [0.5, 0.6) is 0 Å². The van der Waals surface area contributed by atoms with Gasteiger partial charge in [-0.2, -0.15) is 0 Å². The summed E-state index contributed by atoms with van der Waals surface area (Å²) in [5, 5.41) is 10.7. The van der Waals surface area contributed by atoms with Gasteiger partial charge in [0.2, 0.25) is 0 Å². The number of nitro groups is 1. The highest BCUT2D eigenvalue weighted by Crippen LogP contribution is 2.22. The van der Waals surface area contributed by atoms with Gasteiger partial charge in [-0.1, -0.05) is 6.07 Å². The molecule has 0 atom stereocenters. The lowest BCUT2D eigenvalue weighted by molar-refractivity contribution is -0.384. The second-order valence-electron chi connectivity index (χ2n) is 3.86. The van der Waals surface area contributed by atoms with Crippen molar-refractivity contribution in [2.75, 3.05) is 5.73 Å². The number of nitro benzene ring substituents is 1. The van der Waals surface area contributed by atoms with Gasteiger partial charge >= 0.3 is 0 Å². The zero-order valence-electron chi connectivity index (χ0n) is 9.45. The molecule has 2 rings (SSSR count). The number of benzene rings is 1. The van der Waals surface area contributed by atoms with E-state index >= 15 is 0 Å². The zero-order chi connectivity index (χ0) is 13.1. The molecule has 1 aromatic heterocycles. The molecular formula is C12H11N3O3. The molecule has 92 valence electrons. The second kappa shape index (κ2) is 4.70. The Labute approximate surface area is 102 Å². The summed E-state index contributed by atoms with van der Waals surface area (Å²) < 4.78 is 1.76. The number of rotatable bonds is 3. The van der Waals surface area contributed by atoms with E-state index in [-0.39, 0.29) is 16.8 Å². The van der Waals surface area contributed by atoms with Gasteiger partial charge in [-0.05, 0) is 11.6 Å². The standard InChI is InChI=1S/C12H11N3O3/c13-11-2-1-9(7-12(11)15(17)18)8-14-5-3-10(16)4-6-14/h1-7H,8,13H2. The number of nitrogens with two attached hydrogens (primary N) is 1. The lowest BCUT2D eigenvalue weighted by Gasteiger charge is -2.06. The summed E-state index contributed by atoms with van der Waals surface area (Å²) in [6, 6.07) is 7.54. The van der Waals surface area contributed by atoms with Crippen molar-refractivity contribution in [1.82, 2.24) is 4.57 Å². The molecular weight excluding hydrogens is 234 g/mol. The first kappa shape index (κ1) is 11.8. The SMILES string of the molecule is Nc1ccc(Cn2ccc(=O)cc2)cc1[N+](=O)[O-]. The Bertz CT molecular complexity index is 629. The topological polar surface area (TPSA) is 91.2 Å². The van der Waals surface area contributed by atoms with Gasteiger partial charge in [-0.3, -0.25) is 14.9 Å². The molecule has 6 heteroatoms. The van der Waals surface area contributed by atoms with Gasteiger partial charge in [0.1, 0.15) is 5.69 Å². The van der Waals surface area contributed by atoms with E-state index in [0.717, 1.165) is 5.56 Å². The number of nitrogens with zero attached hydrogens (tertiary/aromatic N) is 2. The third-order valence-corrected chi connectivity index (χ3v) is 2.52. The molecule has 0 aliphatic carbocycles. The number of hydrogen-bond donors (Lipinski definition) is 1. The minimum absolute atomic E-state index is 0.0745. The average Bonchev–Trinajstić information content (AvgIpc) is 2.34. The minimum Gasteiger partial charge on any atom is -0.393 e. The van der Waals surface area contributed by atoms with Crippen molar-refractivity contribution in [2.45, 2.75) is 6.54 Å². The van der Waals surface area contributed by atoms with E-state index in [1.54, 1.807) is 23.0 Å². The van der Waals surface area contributed by atoms with E-state index in [1.165, 1.54) is 24.3 Å². The molecule has 2 N–H and O–H groups in total. The van der Waals surface area contributed by atoms with Gasteiger partial charge in [0.25, 0.3) is 5.69 Å². The van der Waals surface area contributed by atoms with Gasteiger partial charge < -0.3 is 10.3 Å². The van der Waals surface area contributed by atoms with Crippen LogP contribution >= 0.6 is 0 Å². The first-order valence-corrected chi connectivity index (χ1v) is 5.25. The molecule has 0 amide bonds. The highest BCUT2D eigenvalue weighted by molar-refractivity contribution is 5.59. The maximum Gasteiger partial charge on any atom is 0.292 e. The molecule has 0 radical (unpaired) electrons. The lowest BCUT2D eigenvalue weighted by atomic mass is 10.1. The Morgan fingerprint density at radius 1 is 1.22 bits per heavy atom. The van der Waals surface area contributed by atoms with Gasteiger partial charge in [0.15, 0.2) is 5.43 Å². The first-order valence-electron chi connectivity index (χ1n) is 5.25. The number of nitrogen functional groups attached to an aromatic ring is 1. The zero-order valence-corrected chi connectivity index (χ0v) is 9.45. The summed E-state index contributed by atoms with van der Waals surface area (Å²) in [5.74, 6) is 0. The molecule has 0 spiro atoms. The molecule has 0 fully saturated rings. The molecule has 1 heterocycles. The van der Waals surface area contributed by atoms with E-state index in [1.807, 2.05) is 0 Å². The van der Waals surface area contributed by atoms with Crippen LogP contribution in [0.4, 0.5) is 11.4 Å². The predicted octanol–water partition coefficient (Wildman–Crippen LogP) is 1.39. The second-order valence-corrected chi connectivity index (χ2v) is 3.86. The fourth-order valence-electron chi connectivity index (χ4n) is 1.61. The van der Waals surface area contributed by atoms with Crippen LogP contribution in [0.2, 0.25) is 0 Å². The molecule has 0 aliphatic heterocycles. The molecule has 0 unspecified atom stereocenters. The minimum atomic E-state index is -0.510. The van der Waals surface area contributed by atoms with Crippen molar-refractivity contribution >= 4 is 11.4 Å². The first-order chi connectivity index (χ1) is 8.56. The van der Waals surface area contributed by atoms with E-state index in [0.29, 0.717) is 6.54 Å². The van der Waals surface area contributed by atoms with Crippen molar-refractivity contribution < 1.29 is 4.92 Å². The van der Waals surface area contributed by atoms with Crippen LogP contribution in [0, 0.1) is 10.1 Å². The maximum absolute atomic E-state index is 10.9. The molecule has 0 saturated heterocycles.